The van der Waals surface area contributed by atoms with Gasteiger partial charge in [0.05, 0.1) is 21.2 Å². The second kappa shape index (κ2) is 6.81. The molecular weight excluding hydrogens is 378 g/mol. The van der Waals surface area contributed by atoms with Crippen LogP contribution in [0.1, 0.15) is 63.1 Å². The summed E-state index contributed by atoms with van der Waals surface area (Å²) in [5.41, 5.74) is 4.44. The quantitative estimate of drug-likeness (QED) is 0.594. The van der Waals surface area contributed by atoms with Crippen molar-refractivity contribution >= 4 is 35.8 Å². The van der Waals surface area contributed by atoms with E-state index in [4.69, 9.17) is 32.5 Å². The first kappa shape index (κ1) is 19.3. The molecule has 2 aromatic rings. The van der Waals surface area contributed by atoms with Gasteiger partial charge in [-0.2, -0.15) is 0 Å². The summed E-state index contributed by atoms with van der Waals surface area (Å²) in [6.07, 6.45) is 3.37. The van der Waals surface area contributed by atoms with Crippen LogP contribution in [0.5, 0.6) is 0 Å². The normalized spacial score (nSPS) is 23.3. The van der Waals surface area contributed by atoms with Crippen LogP contribution in [0.15, 0.2) is 36.4 Å². The molecule has 2 nitrogen and oxygen atoms in total. The van der Waals surface area contributed by atoms with Crippen LogP contribution < -0.4 is 5.46 Å². The predicted molar refractivity (Wildman–Crippen MR) is 113 cm³/mol. The third-order valence-corrected chi connectivity index (χ3v) is 7.09. The molecule has 1 atom stereocenters. The molecule has 142 valence electrons. The molecule has 0 amide bonds. The minimum Gasteiger partial charge on any atom is -0.399 e. The molecule has 0 bridgehead atoms. The van der Waals surface area contributed by atoms with Crippen LogP contribution in [0.2, 0.25) is 10.0 Å². The van der Waals surface area contributed by atoms with E-state index < -0.39 is 0 Å². The van der Waals surface area contributed by atoms with Crippen LogP contribution in [0.4, 0.5) is 0 Å². The fraction of sp³-hybridized carbons (Fsp3) is 0.455. The Balaban J connectivity index is 1.66. The van der Waals surface area contributed by atoms with Crippen molar-refractivity contribution in [1.29, 1.82) is 0 Å². The average molecular weight is 403 g/mol. The lowest BCUT2D eigenvalue weighted by atomic mass is 9.73. The molecule has 2 aliphatic rings. The number of hydrogen-bond donors (Lipinski definition) is 0. The highest BCUT2D eigenvalue weighted by molar-refractivity contribution is 6.62. The largest absolute Gasteiger partial charge is 0.494 e. The maximum absolute atomic E-state index is 6.26. The fourth-order valence-corrected chi connectivity index (χ4v) is 4.34. The second-order valence-corrected chi connectivity index (χ2v) is 9.48. The molecule has 5 heteroatoms. The second-order valence-electron chi connectivity index (χ2n) is 8.66. The van der Waals surface area contributed by atoms with E-state index in [0.29, 0.717) is 16.0 Å². The first-order valence-corrected chi connectivity index (χ1v) is 10.4. The summed E-state index contributed by atoms with van der Waals surface area (Å²) in [4.78, 5) is 0. The van der Waals surface area contributed by atoms with Gasteiger partial charge in [-0.05, 0) is 81.2 Å². The molecule has 1 saturated heterocycles. The molecule has 0 radical (unpaired) electrons. The van der Waals surface area contributed by atoms with E-state index in [9.17, 15) is 0 Å². The molecule has 1 aliphatic carbocycles. The fourth-order valence-electron chi connectivity index (χ4n) is 4.04. The molecule has 0 spiro atoms. The molecule has 1 aliphatic heterocycles. The molecular formula is C22H25BCl2O2. The number of rotatable bonds is 2. The highest BCUT2D eigenvalue weighted by Crippen LogP contribution is 2.40. The molecule has 0 saturated carbocycles. The van der Waals surface area contributed by atoms with Gasteiger partial charge in [0.25, 0.3) is 0 Å². The van der Waals surface area contributed by atoms with Gasteiger partial charge in [-0.25, -0.2) is 0 Å². The first-order chi connectivity index (χ1) is 12.7. The van der Waals surface area contributed by atoms with E-state index in [1.807, 2.05) is 12.1 Å². The number of aryl methyl sites for hydroxylation is 1. The van der Waals surface area contributed by atoms with Crippen molar-refractivity contribution in [3.05, 3.63) is 63.1 Å². The molecule has 1 unspecified atom stereocenters. The SMILES string of the molecule is CC1(C)OB(c2ccc3c(c2)CCCC3c2ccc(Cl)c(Cl)c2)OC1(C)C. The summed E-state index contributed by atoms with van der Waals surface area (Å²) in [7, 11) is -0.314. The van der Waals surface area contributed by atoms with Crippen LogP contribution in [0, 0.1) is 0 Å². The smallest absolute Gasteiger partial charge is 0.399 e. The van der Waals surface area contributed by atoms with Crippen molar-refractivity contribution in [3.8, 4) is 0 Å². The number of benzene rings is 2. The first-order valence-electron chi connectivity index (χ1n) is 9.61. The zero-order chi connectivity index (χ0) is 19.4. The zero-order valence-corrected chi connectivity index (χ0v) is 17.8. The number of fused-ring (bicyclic) bond motifs is 1. The third kappa shape index (κ3) is 3.44. The standard InChI is InChI=1S/C22H25BCl2O2/c1-21(2)22(3,4)27-23(26-21)16-9-10-18-14(12-16)6-5-7-17(18)15-8-11-19(24)20(25)13-15/h8-13,17H,5-7H2,1-4H3. The summed E-state index contributed by atoms with van der Waals surface area (Å²) < 4.78 is 12.5. The maximum Gasteiger partial charge on any atom is 0.494 e. The summed E-state index contributed by atoms with van der Waals surface area (Å²) >= 11 is 12.4. The Kier molecular flexibility index (Phi) is 4.87. The lowest BCUT2D eigenvalue weighted by molar-refractivity contribution is 0.00578. The Morgan fingerprint density at radius 3 is 2.30 bits per heavy atom. The molecule has 27 heavy (non-hydrogen) atoms. The summed E-state index contributed by atoms with van der Waals surface area (Å²) in [6, 6.07) is 12.6. The topological polar surface area (TPSA) is 18.5 Å². The van der Waals surface area contributed by atoms with Crippen LogP contribution in [-0.4, -0.2) is 18.3 Å². The molecule has 0 aromatic heterocycles. The minimum atomic E-state index is -0.323. The van der Waals surface area contributed by atoms with Gasteiger partial charge in [0.2, 0.25) is 0 Å². The van der Waals surface area contributed by atoms with Crippen LogP contribution in [-0.2, 0) is 15.7 Å². The van der Waals surface area contributed by atoms with Crippen molar-refractivity contribution in [2.24, 2.45) is 0 Å². The third-order valence-electron chi connectivity index (χ3n) is 6.35. The van der Waals surface area contributed by atoms with E-state index in [1.54, 1.807) is 0 Å². The van der Waals surface area contributed by atoms with Gasteiger partial charge >= 0.3 is 7.12 Å². The van der Waals surface area contributed by atoms with Gasteiger partial charge in [0.15, 0.2) is 0 Å². The van der Waals surface area contributed by atoms with Crippen molar-refractivity contribution in [2.45, 2.75) is 64.1 Å². The van der Waals surface area contributed by atoms with E-state index in [2.05, 4.69) is 52.0 Å². The van der Waals surface area contributed by atoms with Crippen molar-refractivity contribution < 1.29 is 9.31 Å². The molecule has 0 N–H and O–H groups in total. The van der Waals surface area contributed by atoms with E-state index in [1.165, 1.54) is 16.7 Å². The number of halogens is 2. The Morgan fingerprint density at radius 1 is 0.926 bits per heavy atom. The van der Waals surface area contributed by atoms with Gasteiger partial charge < -0.3 is 9.31 Å². The maximum atomic E-state index is 6.26. The summed E-state index contributed by atoms with van der Waals surface area (Å²) in [6.45, 7) is 8.36. The van der Waals surface area contributed by atoms with Crippen LogP contribution in [0.3, 0.4) is 0 Å². The van der Waals surface area contributed by atoms with Crippen molar-refractivity contribution in [1.82, 2.24) is 0 Å². The number of hydrogen-bond acceptors (Lipinski definition) is 2. The van der Waals surface area contributed by atoms with E-state index in [0.717, 1.165) is 24.7 Å². The van der Waals surface area contributed by atoms with Crippen LogP contribution in [0.25, 0.3) is 0 Å². The lowest BCUT2D eigenvalue weighted by Gasteiger charge is -2.32. The van der Waals surface area contributed by atoms with Gasteiger partial charge in [-0.15, -0.1) is 0 Å². The average Bonchev–Trinajstić information content (AvgIpc) is 2.84. The molecule has 4 rings (SSSR count). The summed E-state index contributed by atoms with van der Waals surface area (Å²) in [5.74, 6) is 0.357. The van der Waals surface area contributed by atoms with Crippen molar-refractivity contribution in [3.63, 3.8) is 0 Å². The predicted octanol–water partition coefficient (Wildman–Crippen LogP) is 5.76. The van der Waals surface area contributed by atoms with Gasteiger partial charge in [-0.1, -0.05) is 47.5 Å². The zero-order valence-electron chi connectivity index (χ0n) is 16.3. The Bertz CT molecular complexity index is 863. The minimum absolute atomic E-state index is 0.314. The molecule has 2 aromatic carbocycles. The van der Waals surface area contributed by atoms with Gasteiger partial charge in [0, 0.05) is 5.92 Å². The molecule has 1 heterocycles. The van der Waals surface area contributed by atoms with Gasteiger partial charge in [0.1, 0.15) is 0 Å². The molecule has 1 fully saturated rings. The van der Waals surface area contributed by atoms with E-state index >= 15 is 0 Å². The van der Waals surface area contributed by atoms with Crippen LogP contribution >= 0.6 is 23.2 Å². The summed E-state index contributed by atoms with van der Waals surface area (Å²) in [5, 5.41) is 1.22. The Morgan fingerprint density at radius 2 is 1.63 bits per heavy atom. The highest BCUT2D eigenvalue weighted by Gasteiger charge is 2.51. The monoisotopic (exact) mass is 402 g/mol. The Labute approximate surface area is 172 Å². The highest BCUT2D eigenvalue weighted by atomic mass is 35.5. The van der Waals surface area contributed by atoms with Gasteiger partial charge in [-0.3, -0.25) is 0 Å². The van der Waals surface area contributed by atoms with E-state index in [-0.39, 0.29) is 18.3 Å². The lowest BCUT2D eigenvalue weighted by Crippen LogP contribution is -2.41. The van der Waals surface area contributed by atoms with Crippen molar-refractivity contribution in [2.75, 3.05) is 0 Å². The Hall–Kier alpha value is -0.995.